The third-order valence-corrected chi connectivity index (χ3v) is 1.61. The second-order valence-electron chi connectivity index (χ2n) is 3.31. The number of hydrogen-bond donors (Lipinski definition) is 2. The van der Waals surface area contributed by atoms with Crippen molar-refractivity contribution in [2.24, 2.45) is 0 Å². The van der Waals surface area contributed by atoms with E-state index in [1.807, 2.05) is 13.8 Å². The average molecular weight is 182 g/mol. The van der Waals surface area contributed by atoms with E-state index in [4.69, 9.17) is 9.84 Å². The van der Waals surface area contributed by atoms with E-state index in [0.717, 1.165) is 13.1 Å². The van der Waals surface area contributed by atoms with Gasteiger partial charge in [-0.3, -0.25) is 0 Å². The van der Waals surface area contributed by atoms with Gasteiger partial charge in [0.25, 0.3) is 0 Å². The number of nitrogens with one attached hydrogen (secondary N) is 1. The van der Waals surface area contributed by atoms with Gasteiger partial charge in [0.2, 0.25) is 0 Å². The molecule has 1 aliphatic heterocycles. The van der Waals surface area contributed by atoms with Crippen LogP contribution in [0.15, 0.2) is 0 Å². The first-order valence-electron chi connectivity index (χ1n) is 3.63. The van der Waals surface area contributed by atoms with Gasteiger partial charge in [-0.15, -0.1) is 12.4 Å². The van der Waals surface area contributed by atoms with Crippen molar-refractivity contribution < 1.29 is 9.84 Å². The Balaban J connectivity index is 0.000001000. The Morgan fingerprint density at radius 2 is 2.27 bits per heavy atom. The summed E-state index contributed by atoms with van der Waals surface area (Å²) in [5, 5.41) is 11.9. The molecule has 0 bridgehead atoms. The van der Waals surface area contributed by atoms with Crippen molar-refractivity contribution in [3.05, 3.63) is 0 Å². The first kappa shape index (κ1) is 11.2. The van der Waals surface area contributed by atoms with Crippen molar-refractivity contribution >= 4 is 12.4 Å². The van der Waals surface area contributed by atoms with E-state index in [2.05, 4.69) is 5.32 Å². The van der Waals surface area contributed by atoms with Gasteiger partial charge in [0.15, 0.2) is 0 Å². The smallest absolute Gasteiger partial charge is 0.0937 e. The number of halogens is 1. The molecular formula is C7H16ClNO2. The van der Waals surface area contributed by atoms with E-state index >= 15 is 0 Å². The SMILES string of the molecule is CC1(C)CNC[C@H](CO)O1.Cl. The van der Waals surface area contributed by atoms with Crippen LogP contribution in [-0.2, 0) is 4.74 Å². The number of morpholine rings is 1. The van der Waals surface area contributed by atoms with Crippen molar-refractivity contribution in [1.29, 1.82) is 0 Å². The largest absolute Gasteiger partial charge is 0.394 e. The quantitative estimate of drug-likeness (QED) is 0.606. The van der Waals surface area contributed by atoms with E-state index < -0.39 is 0 Å². The molecule has 0 saturated carbocycles. The summed E-state index contributed by atoms with van der Waals surface area (Å²) in [7, 11) is 0. The average Bonchev–Trinajstić information content (AvgIpc) is 1.86. The van der Waals surface area contributed by atoms with Crippen LogP contribution in [0.25, 0.3) is 0 Å². The zero-order valence-electron chi connectivity index (χ0n) is 6.96. The first-order valence-corrected chi connectivity index (χ1v) is 3.63. The fraction of sp³-hybridized carbons (Fsp3) is 1.00. The summed E-state index contributed by atoms with van der Waals surface area (Å²) in [6.07, 6.45) is -0.0243. The van der Waals surface area contributed by atoms with Gasteiger partial charge in [-0.05, 0) is 13.8 Å². The van der Waals surface area contributed by atoms with E-state index in [1.165, 1.54) is 0 Å². The standard InChI is InChI=1S/C7H15NO2.ClH/c1-7(2)5-8-3-6(4-9)10-7;/h6,8-9H,3-5H2,1-2H3;1H/t6-;/m1./s1. The van der Waals surface area contributed by atoms with Crippen molar-refractivity contribution in [3.63, 3.8) is 0 Å². The highest BCUT2D eigenvalue weighted by Crippen LogP contribution is 2.14. The van der Waals surface area contributed by atoms with Crippen LogP contribution < -0.4 is 5.32 Å². The van der Waals surface area contributed by atoms with Crippen LogP contribution >= 0.6 is 12.4 Å². The Morgan fingerprint density at radius 3 is 2.64 bits per heavy atom. The fourth-order valence-electron chi connectivity index (χ4n) is 1.17. The predicted octanol–water partition coefficient (Wildman–Crippen LogP) is 0.168. The Labute approximate surface area is 73.5 Å². The van der Waals surface area contributed by atoms with Crippen LogP contribution in [0, 0.1) is 0 Å². The van der Waals surface area contributed by atoms with Crippen LogP contribution in [0.5, 0.6) is 0 Å². The molecule has 0 aromatic heterocycles. The summed E-state index contributed by atoms with van der Waals surface area (Å²) in [4.78, 5) is 0. The molecule has 1 saturated heterocycles. The van der Waals surface area contributed by atoms with Crippen LogP contribution in [0.1, 0.15) is 13.8 Å². The summed E-state index contributed by atoms with van der Waals surface area (Å²) in [5.74, 6) is 0. The summed E-state index contributed by atoms with van der Waals surface area (Å²) < 4.78 is 5.51. The molecule has 0 spiro atoms. The molecule has 0 amide bonds. The third kappa shape index (κ3) is 3.38. The molecule has 68 valence electrons. The molecule has 0 radical (unpaired) electrons. The number of ether oxygens (including phenoxy) is 1. The van der Waals surface area contributed by atoms with E-state index in [1.54, 1.807) is 0 Å². The van der Waals surface area contributed by atoms with Crippen LogP contribution in [0.3, 0.4) is 0 Å². The maximum absolute atomic E-state index is 8.76. The number of aliphatic hydroxyl groups is 1. The lowest BCUT2D eigenvalue weighted by Gasteiger charge is -2.35. The van der Waals surface area contributed by atoms with Crippen LogP contribution in [0.2, 0.25) is 0 Å². The molecule has 0 aromatic carbocycles. The summed E-state index contributed by atoms with van der Waals surface area (Å²) in [6.45, 7) is 5.77. The molecule has 1 fully saturated rings. The summed E-state index contributed by atoms with van der Waals surface area (Å²) >= 11 is 0. The monoisotopic (exact) mass is 181 g/mol. The first-order chi connectivity index (χ1) is 4.64. The molecule has 11 heavy (non-hydrogen) atoms. The lowest BCUT2D eigenvalue weighted by molar-refractivity contribution is -0.110. The van der Waals surface area contributed by atoms with Gasteiger partial charge in [-0.1, -0.05) is 0 Å². The molecular weight excluding hydrogens is 166 g/mol. The van der Waals surface area contributed by atoms with Crippen molar-refractivity contribution in [1.82, 2.24) is 5.32 Å². The van der Waals surface area contributed by atoms with Gasteiger partial charge >= 0.3 is 0 Å². The van der Waals surface area contributed by atoms with Gasteiger partial charge < -0.3 is 15.2 Å². The van der Waals surface area contributed by atoms with E-state index in [-0.39, 0.29) is 30.7 Å². The van der Waals surface area contributed by atoms with Crippen molar-refractivity contribution in [2.75, 3.05) is 19.7 Å². The molecule has 0 unspecified atom stereocenters. The van der Waals surface area contributed by atoms with Gasteiger partial charge in [-0.2, -0.15) is 0 Å². The predicted molar refractivity (Wildman–Crippen MR) is 46.2 cm³/mol. The lowest BCUT2D eigenvalue weighted by atomic mass is 10.1. The second kappa shape index (κ2) is 4.26. The molecule has 3 nitrogen and oxygen atoms in total. The Bertz CT molecular complexity index is 119. The van der Waals surface area contributed by atoms with Gasteiger partial charge in [-0.25, -0.2) is 0 Å². The fourth-order valence-corrected chi connectivity index (χ4v) is 1.17. The minimum Gasteiger partial charge on any atom is -0.394 e. The molecule has 0 aliphatic carbocycles. The maximum atomic E-state index is 8.76. The highest BCUT2D eigenvalue weighted by molar-refractivity contribution is 5.85. The highest BCUT2D eigenvalue weighted by Gasteiger charge is 2.27. The van der Waals surface area contributed by atoms with Crippen molar-refractivity contribution in [3.8, 4) is 0 Å². The van der Waals surface area contributed by atoms with Crippen LogP contribution in [0.4, 0.5) is 0 Å². The minimum atomic E-state index is -0.119. The molecule has 1 aliphatic rings. The van der Waals surface area contributed by atoms with E-state index in [0.29, 0.717) is 0 Å². The zero-order chi connectivity index (χ0) is 7.61. The Morgan fingerprint density at radius 1 is 1.64 bits per heavy atom. The zero-order valence-corrected chi connectivity index (χ0v) is 7.78. The topological polar surface area (TPSA) is 41.5 Å². The maximum Gasteiger partial charge on any atom is 0.0937 e. The Hall–Kier alpha value is 0.170. The lowest BCUT2D eigenvalue weighted by Crippen LogP contribution is -2.51. The summed E-state index contributed by atoms with van der Waals surface area (Å²) in [6, 6.07) is 0. The third-order valence-electron chi connectivity index (χ3n) is 1.61. The number of hydrogen-bond acceptors (Lipinski definition) is 3. The molecule has 4 heteroatoms. The van der Waals surface area contributed by atoms with Gasteiger partial charge in [0.05, 0.1) is 18.3 Å². The molecule has 1 heterocycles. The summed E-state index contributed by atoms with van der Waals surface area (Å²) in [5.41, 5.74) is -0.119. The van der Waals surface area contributed by atoms with Gasteiger partial charge in [0, 0.05) is 13.1 Å². The molecule has 0 aromatic rings. The molecule has 2 N–H and O–H groups in total. The highest BCUT2D eigenvalue weighted by atomic mass is 35.5. The second-order valence-corrected chi connectivity index (χ2v) is 3.31. The Kier molecular flexibility index (Phi) is 4.32. The minimum absolute atomic E-state index is 0. The van der Waals surface area contributed by atoms with Gasteiger partial charge in [0.1, 0.15) is 0 Å². The van der Waals surface area contributed by atoms with Crippen LogP contribution in [-0.4, -0.2) is 36.5 Å². The number of aliphatic hydroxyl groups excluding tert-OH is 1. The molecule has 1 rings (SSSR count). The van der Waals surface area contributed by atoms with Crippen molar-refractivity contribution in [2.45, 2.75) is 25.6 Å². The molecule has 1 atom stereocenters. The number of rotatable bonds is 1. The van der Waals surface area contributed by atoms with E-state index in [9.17, 15) is 0 Å². The normalized spacial score (nSPS) is 29.2.